The number of ether oxygens (including phenoxy) is 2. The lowest BCUT2D eigenvalue weighted by atomic mass is 9.88. The van der Waals surface area contributed by atoms with Crippen LogP contribution in [0, 0.1) is 0 Å². The van der Waals surface area contributed by atoms with Gasteiger partial charge in [0.1, 0.15) is 0 Å². The van der Waals surface area contributed by atoms with Gasteiger partial charge in [-0.25, -0.2) is 0 Å². The fourth-order valence-corrected chi connectivity index (χ4v) is 3.47. The van der Waals surface area contributed by atoms with Gasteiger partial charge < -0.3 is 19.5 Å². The van der Waals surface area contributed by atoms with Crippen LogP contribution in [0.1, 0.15) is 36.9 Å². The standard InChI is InChI=1S/C17H21NO4/c1-4-5-11-15-12-9-14(22-3)13(21-2)8-10(12)6-7-18(15)17(20)16(11)19/h8-9,15,19H,4-7H2,1-3H3. The van der Waals surface area contributed by atoms with Crippen molar-refractivity contribution in [1.29, 1.82) is 0 Å². The van der Waals surface area contributed by atoms with Crippen molar-refractivity contribution in [1.82, 2.24) is 4.90 Å². The number of aliphatic hydroxyl groups is 1. The Kier molecular flexibility index (Phi) is 3.72. The SMILES string of the molecule is CCCC1=C(O)C(=O)N2CCc3cc(OC)c(OC)cc3C12. The lowest BCUT2D eigenvalue weighted by molar-refractivity contribution is -0.129. The molecule has 1 amide bonds. The van der Waals surface area contributed by atoms with Gasteiger partial charge in [0.2, 0.25) is 0 Å². The molecule has 118 valence electrons. The molecular formula is C17H21NO4. The minimum Gasteiger partial charge on any atom is -0.503 e. The summed E-state index contributed by atoms with van der Waals surface area (Å²) in [4.78, 5) is 14.0. The zero-order chi connectivity index (χ0) is 15.9. The topological polar surface area (TPSA) is 59.0 Å². The first-order valence-electron chi connectivity index (χ1n) is 7.60. The van der Waals surface area contributed by atoms with E-state index in [-0.39, 0.29) is 17.7 Å². The molecule has 2 heterocycles. The van der Waals surface area contributed by atoms with E-state index >= 15 is 0 Å². The highest BCUT2D eigenvalue weighted by Gasteiger charge is 2.42. The fourth-order valence-electron chi connectivity index (χ4n) is 3.47. The first-order chi connectivity index (χ1) is 10.6. The van der Waals surface area contributed by atoms with Crippen LogP contribution in [0.3, 0.4) is 0 Å². The molecule has 1 atom stereocenters. The molecule has 0 spiro atoms. The summed E-state index contributed by atoms with van der Waals surface area (Å²) in [5, 5.41) is 10.2. The van der Waals surface area contributed by atoms with Gasteiger partial charge in [-0.2, -0.15) is 0 Å². The average Bonchev–Trinajstić information content (AvgIpc) is 2.79. The van der Waals surface area contributed by atoms with Crippen LogP contribution in [0.2, 0.25) is 0 Å². The van der Waals surface area contributed by atoms with E-state index in [1.165, 1.54) is 0 Å². The molecule has 0 saturated carbocycles. The second kappa shape index (κ2) is 5.55. The van der Waals surface area contributed by atoms with E-state index in [1.807, 2.05) is 19.1 Å². The molecule has 0 aromatic heterocycles. The molecule has 1 aromatic carbocycles. The van der Waals surface area contributed by atoms with Gasteiger partial charge in [-0.1, -0.05) is 13.3 Å². The number of fused-ring (bicyclic) bond motifs is 3. The molecule has 1 unspecified atom stereocenters. The predicted octanol–water partition coefficient (Wildman–Crippen LogP) is 2.76. The van der Waals surface area contributed by atoms with Crippen LogP contribution in [0.25, 0.3) is 0 Å². The monoisotopic (exact) mass is 303 g/mol. The van der Waals surface area contributed by atoms with E-state index in [2.05, 4.69) is 0 Å². The van der Waals surface area contributed by atoms with Gasteiger partial charge in [-0.05, 0) is 36.1 Å². The number of aliphatic hydroxyl groups excluding tert-OH is 1. The number of nitrogens with zero attached hydrogens (tertiary/aromatic N) is 1. The van der Waals surface area contributed by atoms with Gasteiger partial charge in [0.05, 0.1) is 20.3 Å². The first-order valence-corrected chi connectivity index (χ1v) is 7.60. The summed E-state index contributed by atoms with van der Waals surface area (Å²) in [6, 6.07) is 3.75. The lowest BCUT2D eigenvalue weighted by Crippen LogP contribution is -2.36. The van der Waals surface area contributed by atoms with E-state index in [9.17, 15) is 9.90 Å². The molecule has 3 rings (SSSR count). The molecule has 5 heteroatoms. The lowest BCUT2D eigenvalue weighted by Gasteiger charge is -2.34. The number of carbonyl (C=O) groups is 1. The van der Waals surface area contributed by atoms with Gasteiger partial charge in [0.25, 0.3) is 5.91 Å². The summed E-state index contributed by atoms with van der Waals surface area (Å²) < 4.78 is 10.8. The van der Waals surface area contributed by atoms with Crippen molar-refractivity contribution in [2.24, 2.45) is 0 Å². The smallest absolute Gasteiger partial charge is 0.289 e. The fraction of sp³-hybridized carbons (Fsp3) is 0.471. The minimum atomic E-state index is -0.256. The highest BCUT2D eigenvalue weighted by Crippen LogP contribution is 2.46. The Morgan fingerprint density at radius 1 is 1.27 bits per heavy atom. The highest BCUT2D eigenvalue weighted by atomic mass is 16.5. The summed E-state index contributed by atoms with van der Waals surface area (Å²) in [6.45, 7) is 2.66. The largest absolute Gasteiger partial charge is 0.503 e. The number of methoxy groups -OCH3 is 2. The van der Waals surface area contributed by atoms with E-state index in [1.54, 1.807) is 19.1 Å². The van der Waals surface area contributed by atoms with Crippen LogP contribution in [0.5, 0.6) is 11.5 Å². The third kappa shape index (κ3) is 2.03. The zero-order valence-electron chi connectivity index (χ0n) is 13.2. The third-order valence-electron chi connectivity index (χ3n) is 4.49. The van der Waals surface area contributed by atoms with Gasteiger partial charge in [0, 0.05) is 12.1 Å². The molecule has 2 aliphatic heterocycles. The third-order valence-corrected chi connectivity index (χ3v) is 4.49. The van der Waals surface area contributed by atoms with E-state index < -0.39 is 0 Å². The quantitative estimate of drug-likeness (QED) is 0.929. The summed E-state index contributed by atoms with van der Waals surface area (Å²) in [5.74, 6) is 1.02. The molecule has 0 aliphatic carbocycles. The highest BCUT2D eigenvalue weighted by molar-refractivity contribution is 5.96. The number of carbonyl (C=O) groups excluding carboxylic acids is 1. The van der Waals surface area contributed by atoms with Crippen LogP contribution < -0.4 is 9.47 Å². The Balaban J connectivity index is 2.13. The van der Waals surface area contributed by atoms with E-state index in [0.29, 0.717) is 24.5 Å². The van der Waals surface area contributed by atoms with E-state index in [4.69, 9.17) is 9.47 Å². The summed E-state index contributed by atoms with van der Waals surface area (Å²) in [6.07, 6.45) is 2.36. The Morgan fingerprint density at radius 3 is 2.59 bits per heavy atom. The van der Waals surface area contributed by atoms with Crippen LogP contribution in [-0.2, 0) is 11.2 Å². The number of hydrogen-bond donors (Lipinski definition) is 1. The Morgan fingerprint density at radius 2 is 1.95 bits per heavy atom. The molecule has 0 radical (unpaired) electrons. The predicted molar refractivity (Wildman–Crippen MR) is 82.3 cm³/mol. The Hall–Kier alpha value is -2.17. The minimum absolute atomic E-state index is 0.0746. The summed E-state index contributed by atoms with van der Waals surface area (Å²) in [5.41, 5.74) is 3.00. The second-order valence-electron chi connectivity index (χ2n) is 5.68. The molecule has 1 N–H and O–H groups in total. The maximum Gasteiger partial charge on any atom is 0.289 e. The molecule has 5 nitrogen and oxygen atoms in total. The van der Waals surface area contributed by atoms with Crippen molar-refractivity contribution < 1.29 is 19.4 Å². The van der Waals surface area contributed by atoms with Crippen LogP contribution >= 0.6 is 0 Å². The molecule has 1 aromatic rings. The number of rotatable bonds is 4. The van der Waals surface area contributed by atoms with Crippen molar-refractivity contribution in [2.45, 2.75) is 32.2 Å². The van der Waals surface area contributed by atoms with Crippen molar-refractivity contribution in [3.63, 3.8) is 0 Å². The molecule has 0 saturated heterocycles. The van der Waals surface area contributed by atoms with Crippen LogP contribution in [-0.4, -0.2) is 36.7 Å². The Bertz CT molecular complexity index is 650. The van der Waals surface area contributed by atoms with Crippen molar-refractivity contribution in [3.8, 4) is 11.5 Å². The molecule has 2 aliphatic rings. The number of benzene rings is 1. The summed E-state index contributed by atoms with van der Waals surface area (Å²) >= 11 is 0. The van der Waals surface area contributed by atoms with E-state index in [0.717, 1.165) is 29.5 Å². The summed E-state index contributed by atoms with van der Waals surface area (Å²) in [7, 11) is 3.22. The molecule has 22 heavy (non-hydrogen) atoms. The first kappa shape index (κ1) is 14.8. The van der Waals surface area contributed by atoms with Gasteiger partial charge in [-0.3, -0.25) is 4.79 Å². The van der Waals surface area contributed by atoms with Gasteiger partial charge >= 0.3 is 0 Å². The van der Waals surface area contributed by atoms with Crippen molar-refractivity contribution >= 4 is 5.91 Å². The van der Waals surface area contributed by atoms with Crippen LogP contribution in [0.15, 0.2) is 23.5 Å². The van der Waals surface area contributed by atoms with Gasteiger partial charge in [0.15, 0.2) is 17.3 Å². The average molecular weight is 303 g/mol. The van der Waals surface area contributed by atoms with Crippen LogP contribution in [0.4, 0.5) is 0 Å². The maximum absolute atomic E-state index is 12.3. The second-order valence-corrected chi connectivity index (χ2v) is 5.68. The number of hydrogen-bond acceptors (Lipinski definition) is 4. The normalized spacial score (nSPS) is 20.0. The maximum atomic E-state index is 12.3. The zero-order valence-corrected chi connectivity index (χ0v) is 13.2. The van der Waals surface area contributed by atoms with Crippen molar-refractivity contribution in [3.05, 3.63) is 34.6 Å². The molecule has 0 fully saturated rings. The number of amides is 1. The molecule has 0 bridgehead atoms. The Labute approximate surface area is 130 Å². The van der Waals surface area contributed by atoms with Crippen molar-refractivity contribution in [2.75, 3.05) is 20.8 Å². The molecular weight excluding hydrogens is 282 g/mol. The van der Waals surface area contributed by atoms with Gasteiger partial charge in [-0.15, -0.1) is 0 Å².